The van der Waals surface area contributed by atoms with Crippen LogP contribution < -0.4 is 5.32 Å². The van der Waals surface area contributed by atoms with Crippen LogP contribution in [0.3, 0.4) is 0 Å². The van der Waals surface area contributed by atoms with Gasteiger partial charge in [0.05, 0.1) is 5.52 Å². The second kappa shape index (κ2) is 3.06. The summed E-state index contributed by atoms with van der Waals surface area (Å²) in [7, 11) is 0. The lowest BCUT2D eigenvalue weighted by Gasteiger charge is -2.00. The SMILES string of the molecule is CC(=O)Nc1ccc2cc(O)[nH]c2c1. The fraction of sp³-hybridized carbons (Fsp3) is 0.100. The first-order valence-electron chi connectivity index (χ1n) is 4.24. The number of fused-ring (bicyclic) bond motifs is 1. The summed E-state index contributed by atoms with van der Waals surface area (Å²) < 4.78 is 0. The molecule has 0 atom stereocenters. The van der Waals surface area contributed by atoms with Crippen molar-refractivity contribution >= 4 is 22.5 Å². The first-order valence-corrected chi connectivity index (χ1v) is 4.24. The second-order valence-corrected chi connectivity index (χ2v) is 3.14. The van der Waals surface area contributed by atoms with Crippen LogP contribution in [0.15, 0.2) is 24.3 Å². The van der Waals surface area contributed by atoms with Crippen molar-refractivity contribution in [2.45, 2.75) is 6.92 Å². The second-order valence-electron chi connectivity index (χ2n) is 3.14. The standard InChI is InChI=1S/C10H10N2O2/c1-6(13)11-8-3-2-7-4-10(14)12-9(7)5-8/h2-5,12,14H,1H3,(H,11,13). The zero-order chi connectivity index (χ0) is 10.1. The minimum absolute atomic E-state index is 0.111. The van der Waals surface area contributed by atoms with Crippen LogP contribution >= 0.6 is 0 Å². The molecular weight excluding hydrogens is 180 g/mol. The van der Waals surface area contributed by atoms with E-state index in [4.69, 9.17) is 0 Å². The Hall–Kier alpha value is -1.97. The normalized spacial score (nSPS) is 10.4. The van der Waals surface area contributed by atoms with Crippen molar-refractivity contribution in [3.63, 3.8) is 0 Å². The lowest BCUT2D eigenvalue weighted by Crippen LogP contribution is -2.05. The van der Waals surface area contributed by atoms with Crippen LogP contribution in [0.2, 0.25) is 0 Å². The van der Waals surface area contributed by atoms with E-state index in [0.717, 1.165) is 10.9 Å². The highest BCUT2D eigenvalue weighted by Gasteiger charge is 2.01. The summed E-state index contributed by atoms with van der Waals surface area (Å²) in [6, 6.07) is 7.02. The third-order valence-corrected chi connectivity index (χ3v) is 1.93. The van der Waals surface area contributed by atoms with Gasteiger partial charge in [0, 0.05) is 24.1 Å². The summed E-state index contributed by atoms with van der Waals surface area (Å²) in [6.07, 6.45) is 0. The number of amides is 1. The number of H-pyrrole nitrogens is 1. The average Bonchev–Trinajstić information content (AvgIpc) is 2.42. The largest absolute Gasteiger partial charge is 0.495 e. The van der Waals surface area contributed by atoms with Gasteiger partial charge in [-0.05, 0) is 12.1 Å². The molecule has 2 rings (SSSR count). The van der Waals surface area contributed by atoms with E-state index in [9.17, 15) is 9.90 Å². The van der Waals surface area contributed by atoms with E-state index in [2.05, 4.69) is 10.3 Å². The fourth-order valence-corrected chi connectivity index (χ4v) is 1.39. The van der Waals surface area contributed by atoms with Crippen LogP contribution in [0.1, 0.15) is 6.92 Å². The van der Waals surface area contributed by atoms with E-state index < -0.39 is 0 Å². The molecule has 1 aromatic carbocycles. The number of aromatic amines is 1. The van der Waals surface area contributed by atoms with Crippen LogP contribution in [0.25, 0.3) is 10.9 Å². The maximum Gasteiger partial charge on any atom is 0.221 e. The number of aromatic hydroxyl groups is 1. The lowest BCUT2D eigenvalue weighted by atomic mass is 10.2. The molecule has 3 N–H and O–H groups in total. The van der Waals surface area contributed by atoms with E-state index in [1.165, 1.54) is 6.92 Å². The third kappa shape index (κ3) is 1.54. The number of hydrogen-bond donors (Lipinski definition) is 3. The van der Waals surface area contributed by atoms with Gasteiger partial charge < -0.3 is 15.4 Å². The predicted octanol–water partition coefficient (Wildman–Crippen LogP) is 1.83. The smallest absolute Gasteiger partial charge is 0.221 e. The van der Waals surface area contributed by atoms with E-state index in [1.807, 2.05) is 6.07 Å². The molecule has 0 aliphatic rings. The summed E-state index contributed by atoms with van der Waals surface area (Å²) in [6.45, 7) is 1.45. The van der Waals surface area contributed by atoms with Gasteiger partial charge in [-0.25, -0.2) is 0 Å². The number of aromatic nitrogens is 1. The number of rotatable bonds is 1. The Kier molecular flexibility index (Phi) is 1.89. The summed E-state index contributed by atoms with van der Waals surface area (Å²) in [5, 5.41) is 12.8. The molecule has 0 radical (unpaired) electrons. The Morgan fingerprint density at radius 3 is 2.93 bits per heavy atom. The van der Waals surface area contributed by atoms with Crippen LogP contribution in [0, 0.1) is 0 Å². The molecule has 1 aromatic heterocycles. The summed E-state index contributed by atoms with van der Waals surface area (Å²) in [5.41, 5.74) is 1.51. The molecule has 0 unspecified atom stereocenters. The molecule has 0 saturated heterocycles. The van der Waals surface area contributed by atoms with Crippen LogP contribution in [-0.2, 0) is 4.79 Å². The molecule has 1 amide bonds. The molecule has 72 valence electrons. The number of nitrogens with one attached hydrogen (secondary N) is 2. The van der Waals surface area contributed by atoms with Gasteiger partial charge in [0.2, 0.25) is 5.91 Å². The summed E-state index contributed by atoms with van der Waals surface area (Å²) >= 11 is 0. The quantitative estimate of drug-likeness (QED) is 0.642. The van der Waals surface area contributed by atoms with E-state index in [-0.39, 0.29) is 11.8 Å². The highest BCUT2D eigenvalue weighted by atomic mass is 16.3. The Morgan fingerprint density at radius 2 is 2.21 bits per heavy atom. The van der Waals surface area contributed by atoms with E-state index >= 15 is 0 Å². The minimum Gasteiger partial charge on any atom is -0.495 e. The van der Waals surface area contributed by atoms with E-state index in [1.54, 1.807) is 18.2 Å². The topological polar surface area (TPSA) is 65.1 Å². The van der Waals surface area contributed by atoms with Crippen molar-refractivity contribution in [2.24, 2.45) is 0 Å². The van der Waals surface area contributed by atoms with E-state index in [0.29, 0.717) is 5.69 Å². The zero-order valence-electron chi connectivity index (χ0n) is 7.66. The number of hydrogen-bond acceptors (Lipinski definition) is 2. The molecule has 2 aromatic rings. The van der Waals surface area contributed by atoms with Gasteiger partial charge in [0.25, 0.3) is 0 Å². The van der Waals surface area contributed by atoms with Crippen molar-refractivity contribution < 1.29 is 9.90 Å². The number of carbonyl (C=O) groups excluding carboxylic acids is 1. The van der Waals surface area contributed by atoms with Crippen molar-refractivity contribution in [1.82, 2.24) is 4.98 Å². The maximum absolute atomic E-state index is 10.8. The molecule has 0 aliphatic heterocycles. The Bertz CT molecular complexity index is 488. The zero-order valence-corrected chi connectivity index (χ0v) is 7.66. The molecule has 0 bridgehead atoms. The monoisotopic (exact) mass is 190 g/mol. The van der Waals surface area contributed by atoms with Crippen LogP contribution in [0.4, 0.5) is 5.69 Å². The Morgan fingerprint density at radius 1 is 1.43 bits per heavy atom. The third-order valence-electron chi connectivity index (χ3n) is 1.93. The molecule has 1 heterocycles. The highest BCUT2D eigenvalue weighted by Crippen LogP contribution is 2.22. The summed E-state index contributed by atoms with van der Waals surface area (Å²) in [4.78, 5) is 13.6. The minimum atomic E-state index is -0.111. The van der Waals surface area contributed by atoms with Gasteiger partial charge in [-0.1, -0.05) is 6.07 Å². The molecule has 4 heteroatoms. The molecule has 0 fully saturated rings. The van der Waals surface area contributed by atoms with Crippen molar-refractivity contribution in [1.29, 1.82) is 0 Å². The average molecular weight is 190 g/mol. The number of anilines is 1. The van der Waals surface area contributed by atoms with Gasteiger partial charge in [0.15, 0.2) is 5.88 Å². The molecule has 0 aliphatic carbocycles. The molecule has 4 nitrogen and oxygen atoms in total. The highest BCUT2D eigenvalue weighted by molar-refractivity contribution is 5.92. The van der Waals surface area contributed by atoms with Gasteiger partial charge in [0.1, 0.15) is 0 Å². The molecule has 0 saturated carbocycles. The van der Waals surface area contributed by atoms with Crippen LogP contribution in [-0.4, -0.2) is 16.0 Å². The fourth-order valence-electron chi connectivity index (χ4n) is 1.39. The van der Waals surface area contributed by atoms with Crippen molar-refractivity contribution in [3.8, 4) is 5.88 Å². The van der Waals surface area contributed by atoms with Gasteiger partial charge in [-0.15, -0.1) is 0 Å². The van der Waals surface area contributed by atoms with Gasteiger partial charge in [-0.3, -0.25) is 4.79 Å². The Labute approximate surface area is 80.6 Å². The van der Waals surface area contributed by atoms with Crippen LogP contribution in [0.5, 0.6) is 5.88 Å². The molecule has 0 spiro atoms. The lowest BCUT2D eigenvalue weighted by molar-refractivity contribution is -0.114. The van der Waals surface area contributed by atoms with Crippen molar-refractivity contribution in [2.75, 3.05) is 5.32 Å². The molecular formula is C10H10N2O2. The number of carbonyl (C=O) groups is 1. The molecule has 14 heavy (non-hydrogen) atoms. The Balaban J connectivity index is 2.45. The predicted molar refractivity (Wildman–Crippen MR) is 54.3 cm³/mol. The first kappa shape index (κ1) is 8.62. The first-order chi connectivity index (χ1) is 6.65. The van der Waals surface area contributed by atoms with Gasteiger partial charge >= 0.3 is 0 Å². The maximum atomic E-state index is 10.8. The summed E-state index contributed by atoms with van der Waals surface area (Å²) in [5.74, 6) is 0.0140. The van der Waals surface area contributed by atoms with Crippen molar-refractivity contribution in [3.05, 3.63) is 24.3 Å². The van der Waals surface area contributed by atoms with Gasteiger partial charge in [-0.2, -0.15) is 0 Å². The number of benzene rings is 1.